The molecule has 0 bridgehead atoms. The van der Waals surface area contributed by atoms with Gasteiger partial charge >= 0.3 is 0 Å². The summed E-state index contributed by atoms with van der Waals surface area (Å²) in [6.07, 6.45) is 0. The lowest BCUT2D eigenvalue weighted by molar-refractivity contribution is 0.505. The van der Waals surface area contributed by atoms with Gasteiger partial charge in [0.15, 0.2) is 11.6 Å². The summed E-state index contributed by atoms with van der Waals surface area (Å²) in [5.74, 6) is -2.15. The van der Waals surface area contributed by atoms with E-state index in [1.165, 1.54) is 37.3 Å². The smallest absolute Gasteiger partial charge is 0.166 e. The van der Waals surface area contributed by atoms with Gasteiger partial charge < -0.3 is 5.32 Å². The highest BCUT2D eigenvalue weighted by molar-refractivity contribution is 5.68. The fraction of sp³-hybridized carbons (Fsp3) is 0.250. The van der Waals surface area contributed by atoms with Crippen molar-refractivity contribution in [2.75, 3.05) is 6.54 Å². The molecule has 106 valence electrons. The lowest BCUT2D eigenvalue weighted by atomic mass is 9.97. The third-order valence-corrected chi connectivity index (χ3v) is 3.20. The Morgan fingerprint density at radius 3 is 2.35 bits per heavy atom. The summed E-state index contributed by atoms with van der Waals surface area (Å²) in [5, 5.41) is 3.06. The Hall–Kier alpha value is -1.81. The van der Waals surface area contributed by atoms with Crippen LogP contribution in [0.5, 0.6) is 0 Å². The van der Waals surface area contributed by atoms with Crippen molar-refractivity contribution in [3.8, 4) is 11.1 Å². The summed E-state index contributed by atoms with van der Waals surface area (Å²) in [4.78, 5) is 0. The van der Waals surface area contributed by atoms with Gasteiger partial charge in [-0.15, -0.1) is 0 Å². The number of halogens is 3. The molecule has 0 unspecified atom stereocenters. The number of hydrogen-bond acceptors (Lipinski definition) is 1. The summed E-state index contributed by atoms with van der Waals surface area (Å²) >= 11 is 0. The standard InChI is InChI=1S/C16H16F3N/c1-3-20-9-11-8-12(17)5-7-13(11)14-6-4-10(2)15(18)16(14)19/h4-8,20H,3,9H2,1-2H3. The molecule has 4 heteroatoms. The molecule has 2 rings (SSSR count). The molecule has 1 nitrogen and oxygen atoms in total. The van der Waals surface area contributed by atoms with Gasteiger partial charge in [-0.25, -0.2) is 13.2 Å². The summed E-state index contributed by atoms with van der Waals surface area (Å²) < 4.78 is 41.1. The van der Waals surface area contributed by atoms with Crippen LogP contribution in [0.25, 0.3) is 11.1 Å². The molecule has 1 N–H and O–H groups in total. The maximum absolute atomic E-state index is 14.1. The van der Waals surface area contributed by atoms with Crippen LogP contribution in [0.15, 0.2) is 30.3 Å². The first-order valence-corrected chi connectivity index (χ1v) is 6.48. The van der Waals surface area contributed by atoms with Gasteiger partial charge in [0.2, 0.25) is 0 Å². The quantitative estimate of drug-likeness (QED) is 0.885. The zero-order chi connectivity index (χ0) is 14.7. The number of rotatable bonds is 4. The highest BCUT2D eigenvalue weighted by Gasteiger charge is 2.15. The minimum Gasteiger partial charge on any atom is -0.313 e. The molecule has 2 aromatic rings. The summed E-state index contributed by atoms with van der Waals surface area (Å²) in [6, 6.07) is 7.12. The Labute approximate surface area is 116 Å². The highest BCUT2D eigenvalue weighted by Crippen LogP contribution is 2.29. The van der Waals surface area contributed by atoms with Gasteiger partial charge in [-0.1, -0.05) is 25.1 Å². The molecule has 0 aromatic heterocycles. The van der Waals surface area contributed by atoms with Crippen molar-refractivity contribution in [1.82, 2.24) is 5.32 Å². The van der Waals surface area contributed by atoms with Gasteiger partial charge in [-0.2, -0.15) is 0 Å². The van der Waals surface area contributed by atoms with E-state index in [-0.39, 0.29) is 11.1 Å². The van der Waals surface area contributed by atoms with E-state index in [1.807, 2.05) is 6.92 Å². The van der Waals surface area contributed by atoms with Gasteiger partial charge in [0.05, 0.1) is 0 Å². The van der Waals surface area contributed by atoms with Gasteiger partial charge in [0, 0.05) is 12.1 Å². The van der Waals surface area contributed by atoms with E-state index in [9.17, 15) is 13.2 Å². The molecule has 0 heterocycles. The molecule has 0 radical (unpaired) electrons. The van der Waals surface area contributed by atoms with Crippen LogP contribution in [0.1, 0.15) is 18.1 Å². The Balaban J connectivity index is 2.54. The van der Waals surface area contributed by atoms with Gasteiger partial charge in [0.1, 0.15) is 5.82 Å². The molecule has 0 fully saturated rings. The maximum atomic E-state index is 14.1. The SMILES string of the molecule is CCNCc1cc(F)ccc1-c1ccc(C)c(F)c1F. The lowest BCUT2D eigenvalue weighted by Crippen LogP contribution is -2.13. The zero-order valence-electron chi connectivity index (χ0n) is 11.4. The second-order valence-electron chi connectivity index (χ2n) is 4.64. The fourth-order valence-electron chi connectivity index (χ4n) is 2.08. The lowest BCUT2D eigenvalue weighted by Gasteiger charge is -2.12. The molecule has 0 aliphatic rings. The van der Waals surface area contributed by atoms with Crippen molar-refractivity contribution in [2.24, 2.45) is 0 Å². The average molecular weight is 279 g/mol. The van der Waals surface area contributed by atoms with E-state index in [2.05, 4.69) is 5.32 Å². The van der Waals surface area contributed by atoms with Crippen LogP contribution in [0.2, 0.25) is 0 Å². The molecule has 0 atom stereocenters. The second kappa shape index (κ2) is 6.09. The van der Waals surface area contributed by atoms with Crippen LogP contribution < -0.4 is 5.32 Å². The van der Waals surface area contributed by atoms with E-state index >= 15 is 0 Å². The molecule has 0 saturated heterocycles. The van der Waals surface area contributed by atoms with Gasteiger partial charge in [-0.3, -0.25) is 0 Å². The van der Waals surface area contributed by atoms with Crippen LogP contribution in [-0.4, -0.2) is 6.54 Å². The number of benzene rings is 2. The minimum absolute atomic E-state index is 0.154. The molecular weight excluding hydrogens is 263 g/mol. The molecule has 0 amide bonds. The number of hydrogen-bond donors (Lipinski definition) is 1. The van der Waals surface area contributed by atoms with Crippen molar-refractivity contribution >= 4 is 0 Å². The first-order chi connectivity index (χ1) is 9.54. The average Bonchev–Trinajstić information content (AvgIpc) is 2.44. The Morgan fingerprint density at radius 2 is 1.65 bits per heavy atom. The number of nitrogens with one attached hydrogen (secondary N) is 1. The molecule has 0 spiro atoms. The molecule has 20 heavy (non-hydrogen) atoms. The predicted molar refractivity (Wildman–Crippen MR) is 73.9 cm³/mol. The Bertz CT molecular complexity index is 623. The monoisotopic (exact) mass is 279 g/mol. The molecule has 0 aliphatic carbocycles. The van der Waals surface area contributed by atoms with E-state index in [0.29, 0.717) is 24.2 Å². The van der Waals surface area contributed by atoms with E-state index in [1.54, 1.807) is 0 Å². The third-order valence-electron chi connectivity index (χ3n) is 3.20. The largest absolute Gasteiger partial charge is 0.313 e. The molecular formula is C16H16F3N. The minimum atomic E-state index is -0.894. The van der Waals surface area contributed by atoms with E-state index in [0.717, 1.165) is 0 Å². The first kappa shape index (κ1) is 14.6. The first-order valence-electron chi connectivity index (χ1n) is 6.48. The van der Waals surface area contributed by atoms with E-state index in [4.69, 9.17) is 0 Å². The third kappa shape index (κ3) is 2.85. The van der Waals surface area contributed by atoms with Gasteiger partial charge in [0.25, 0.3) is 0 Å². The maximum Gasteiger partial charge on any atom is 0.166 e. The van der Waals surface area contributed by atoms with Gasteiger partial charge in [-0.05, 0) is 42.3 Å². The Morgan fingerprint density at radius 1 is 0.950 bits per heavy atom. The summed E-state index contributed by atoms with van der Waals surface area (Å²) in [7, 11) is 0. The van der Waals surface area contributed by atoms with E-state index < -0.39 is 17.5 Å². The van der Waals surface area contributed by atoms with Crippen LogP contribution in [0, 0.1) is 24.4 Å². The van der Waals surface area contributed by atoms with Crippen molar-refractivity contribution in [3.05, 3.63) is 58.9 Å². The zero-order valence-corrected chi connectivity index (χ0v) is 11.4. The van der Waals surface area contributed by atoms with Crippen LogP contribution in [0.4, 0.5) is 13.2 Å². The normalized spacial score (nSPS) is 10.8. The van der Waals surface area contributed by atoms with Crippen molar-refractivity contribution < 1.29 is 13.2 Å². The Kier molecular flexibility index (Phi) is 4.45. The van der Waals surface area contributed by atoms with Crippen LogP contribution >= 0.6 is 0 Å². The fourth-order valence-corrected chi connectivity index (χ4v) is 2.08. The molecule has 2 aromatic carbocycles. The van der Waals surface area contributed by atoms with Crippen molar-refractivity contribution in [1.29, 1.82) is 0 Å². The van der Waals surface area contributed by atoms with Crippen molar-refractivity contribution in [3.63, 3.8) is 0 Å². The highest BCUT2D eigenvalue weighted by atomic mass is 19.2. The topological polar surface area (TPSA) is 12.0 Å². The summed E-state index contributed by atoms with van der Waals surface area (Å²) in [5.41, 5.74) is 1.51. The van der Waals surface area contributed by atoms with Crippen LogP contribution in [-0.2, 0) is 6.54 Å². The summed E-state index contributed by atoms with van der Waals surface area (Å²) in [6.45, 7) is 4.54. The predicted octanol–water partition coefficient (Wildman–Crippen LogP) is 4.19. The van der Waals surface area contributed by atoms with Crippen LogP contribution in [0.3, 0.4) is 0 Å². The second-order valence-corrected chi connectivity index (χ2v) is 4.64. The molecule has 0 aliphatic heterocycles. The number of aryl methyl sites for hydroxylation is 1. The molecule has 0 saturated carbocycles. The van der Waals surface area contributed by atoms with Crippen molar-refractivity contribution in [2.45, 2.75) is 20.4 Å².